The Bertz CT molecular complexity index is 427. The van der Waals surface area contributed by atoms with Crippen LogP contribution in [0, 0.1) is 0 Å². The number of hydrogen-bond acceptors (Lipinski definition) is 4. The van der Waals surface area contributed by atoms with Crippen molar-refractivity contribution in [3.8, 4) is 0 Å². The SMILES string of the molecule is COC(C)C(Nc1ccc(C(C)=O)cc1)C(=O)O. The first-order chi connectivity index (χ1) is 8.45. The van der Waals surface area contributed by atoms with Gasteiger partial charge in [0, 0.05) is 18.4 Å². The molecule has 5 nitrogen and oxygen atoms in total. The molecule has 0 radical (unpaired) electrons. The maximum absolute atomic E-state index is 11.1. The molecule has 0 amide bonds. The molecular formula is C13H17NO4. The van der Waals surface area contributed by atoms with Crippen molar-refractivity contribution in [3.05, 3.63) is 29.8 Å². The molecule has 0 fully saturated rings. The molecule has 0 aliphatic heterocycles. The minimum atomic E-state index is -0.986. The quantitative estimate of drug-likeness (QED) is 0.754. The summed E-state index contributed by atoms with van der Waals surface area (Å²) in [7, 11) is 1.46. The summed E-state index contributed by atoms with van der Waals surface area (Å²) in [6, 6.07) is 5.82. The summed E-state index contributed by atoms with van der Waals surface area (Å²) in [5.41, 5.74) is 1.23. The van der Waals surface area contributed by atoms with Crippen LogP contribution < -0.4 is 5.32 Å². The summed E-state index contributed by atoms with van der Waals surface area (Å²) >= 11 is 0. The Morgan fingerprint density at radius 2 is 1.83 bits per heavy atom. The third-order valence-corrected chi connectivity index (χ3v) is 2.72. The topological polar surface area (TPSA) is 75.6 Å². The molecule has 2 unspecified atom stereocenters. The van der Waals surface area contributed by atoms with Gasteiger partial charge in [-0.15, -0.1) is 0 Å². The van der Waals surface area contributed by atoms with Crippen LogP contribution in [0.1, 0.15) is 24.2 Å². The van der Waals surface area contributed by atoms with Gasteiger partial charge in [0.25, 0.3) is 0 Å². The molecule has 1 aromatic rings. The second-order valence-electron chi connectivity index (χ2n) is 4.03. The van der Waals surface area contributed by atoms with Crippen molar-refractivity contribution in [1.82, 2.24) is 0 Å². The number of anilines is 1. The minimum Gasteiger partial charge on any atom is -0.480 e. The summed E-state index contributed by atoms with van der Waals surface area (Å²) in [4.78, 5) is 22.2. The fourth-order valence-corrected chi connectivity index (χ4v) is 1.50. The third-order valence-electron chi connectivity index (χ3n) is 2.72. The van der Waals surface area contributed by atoms with Crippen molar-refractivity contribution in [2.75, 3.05) is 12.4 Å². The average Bonchev–Trinajstić information content (AvgIpc) is 2.35. The predicted molar refractivity (Wildman–Crippen MR) is 68.0 cm³/mol. The highest BCUT2D eigenvalue weighted by molar-refractivity contribution is 5.94. The molecule has 1 rings (SSSR count). The maximum Gasteiger partial charge on any atom is 0.328 e. The number of carbonyl (C=O) groups excluding carboxylic acids is 1. The smallest absolute Gasteiger partial charge is 0.328 e. The number of Topliss-reactive ketones (excluding diaryl/α,β-unsaturated/α-hetero) is 1. The number of benzene rings is 1. The number of nitrogens with one attached hydrogen (secondary N) is 1. The Morgan fingerprint density at radius 1 is 1.28 bits per heavy atom. The first-order valence-electron chi connectivity index (χ1n) is 5.59. The van der Waals surface area contributed by atoms with Gasteiger partial charge in [0.1, 0.15) is 0 Å². The zero-order valence-electron chi connectivity index (χ0n) is 10.6. The van der Waals surface area contributed by atoms with Gasteiger partial charge in [-0.1, -0.05) is 0 Å². The van der Waals surface area contributed by atoms with Crippen molar-refractivity contribution in [2.45, 2.75) is 26.0 Å². The van der Waals surface area contributed by atoms with Crippen LogP contribution >= 0.6 is 0 Å². The van der Waals surface area contributed by atoms with Gasteiger partial charge < -0.3 is 15.2 Å². The maximum atomic E-state index is 11.1. The predicted octanol–water partition coefficient (Wildman–Crippen LogP) is 1.79. The normalized spacial score (nSPS) is 13.7. The van der Waals surface area contributed by atoms with Crippen LogP contribution in [0.3, 0.4) is 0 Å². The van der Waals surface area contributed by atoms with Crippen LogP contribution in [0.4, 0.5) is 5.69 Å². The highest BCUT2D eigenvalue weighted by Crippen LogP contribution is 2.13. The molecule has 1 aromatic carbocycles. The van der Waals surface area contributed by atoms with Gasteiger partial charge >= 0.3 is 5.97 Å². The van der Waals surface area contributed by atoms with E-state index in [4.69, 9.17) is 9.84 Å². The number of carboxylic acid groups (broad SMARTS) is 1. The Kier molecular flexibility index (Phi) is 4.85. The van der Waals surface area contributed by atoms with Crippen molar-refractivity contribution >= 4 is 17.4 Å². The fraction of sp³-hybridized carbons (Fsp3) is 0.385. The van der Waals surface area contributed by atoms with E-state index >= 15 is 0 Å². The molecule has 18 heavy (non-hydrogen) atoms. The van der Waals surface area contributed by atoms with Crippen LogP contribution in [0.5, 0.6) is 0 Å². The van der Waals surface area contributed by atoms with Gasteiger partial charge in [-0.25, -0.2) is 4.79 Å². The molecule has 0 saturated carbocycles. The van der Waals surface area contributed by atoms with Gasteiger partial charge in [0.2, 0.25) is 0 Å². The number of rotatable bonds is 6. The van der Waals surface area contributed by atoms with Crippen molar-refractivity contribution in [2.24, 2.45) is 0 Å². The standard InChI is InChI=1S/C13H17NO4/c1-8(15)10-4-6-11(7-5-10)14-12(13(16)17)9(2)18-3/h4-7,9,12,14H,1-3H3,(H,16,17). The lowest BCUT2D eigenvalue weighted by atomic mass is 10.1. The zero-order valence-corrected chi connectivity index (χ0v) is 10.6. The number of carbonyl (C=O) groups is 2. The van der Waals surface area contributed by atoms with Crippen LogP contribution in [-0.4, -0.2) is 36.1 Å². The molecule has 2 atom stereocenters. The molecule has 0 aromatic heterocycles. The first kappa shape index (κ1) is 14.2. The van der Waals surface area contributed by atoms with E-state index in [0.29, 0.717) is 11.3 Å². The molecule has 0 aliphatic carbocycles. The van der Waals surface area contributed by atoms with Gasteiger partial charge in [-0.3, -0.25) is 4.79 Å². The lowest BCUT2D eigenvalue weighted by Crippen LogP contribution is -2.40. The van der Waals surface area contributed by atoms with E-state index in [1.807, 2.05) is 0 Å². The second kappa shape index (κ2) is 6.16. The highest BCUT2D eigenvalue weighted by atomic mass is 16.5. The molecule has 2 N–H and O–H groups in total. The first-order valence-corrected chi connectivity index (χ1v) is 5.59. The van der Waals surface area contributed by atoms with E-state index in [1.54, 1.807) is 31.2 Å². The monoisotopic (exact) mass is 251 g/mol. The summed E-state index contributed by atoms with van der Waals surface area (Å²) < 4.78 is 5.01. The molecule has 0 saturated heterocycles. The number of methoxy groups -OCH3 is 1. The van der Waals surface area contributed by atoms with Crippen LogP contribution in [0.2, 0.25) is 0 Å². The number of ether oxygens (including phenoxy) is 1. The second-order valence-corrected chi connectivity index (χ2v) is 4.03. The summed E-state index contributed by atoms with van der Waals surface area (Å²) in [6.07, 6.45) is -0.463. The van der Waals surface area contributed by atoms with E-state index in [0.717, 1.165) is 0 Å². The van der Waals surface area contributed by atoms with E-state index in [-0.39, 0.29) is 5.78 Å². The molecule has 0 heterocycles. The summed E-state index contributed by atoms with van der Waals surface area (Å²) in [5, 5.41) is 11.9. The van der Waals surface area contributed by atoms with Gasteiger partial charge in [-0.2, -0.15) is 0 Å². The Balaban J connectivity index is 2.81. The lowest BCUT2D eigenvalue weighted by Gasteiger charge is -2.21. The molecule has 0 bridgehead atoms. The molecular weight excluding hydrogens is 234 g/mol. The van der Waals surface area contributed by atoms with Crippen LogP contribution in [0.25, 0.3) is 0 Å². The van der Waals surface area contributed by atoms with Gasteiger partial charge in [-0.05, 0) is 38.1 Å². The van der Waals surface area contributed by atoms with E-state index in [1.165, 1.54) is 14.0 Å². The van der Waals surface area contributed by atoms with Crippen LogP contribution in [-0.2, 0) is 9.53 Å². The van der Waals surface area contributed by atoms with E-state index < -0.39 is 18.1 Å². The Hall–Kier alpha value is -1.88. The Labute approximate surface area is 106 Å². The van der Waals surface area contributed by atoms with Crippen molar-refractivity contribution in [1.29, 1.82) is 0 Å². The van der Waals surface area contributed by atoms with Crippen molar-refractivity contribution in [3.63, 3.8) is 0 Å². The van der Waals surface area contributed by atoms with Gasteiger partial charge in [0.05, 0.1) is 6.10 Å². The average molecular weight is 251 g/mol. The zero-order chi connectivity index (χ0) is 13.7. The third kappa shape index (κ3) is 3.56. The summed E-state index contributed by atoms with van der Waals surface area (Å²) in [5.74, 6) is -1.01. The molecule has 0 aliphatic rings. The highest BCUT2D eigenvalue weighted by Gasteiger charge is 2.24. The number of hydrogen-bond donors (Lipinski definition) is 2. The largest absolute Gasteiger partial charge is 0.480 e. The number of ketones is 1. The van der Waals surface area contributed by atoms with Gasteiger partial charge in [0.15, 0.2) is 11.8 Å². The molecule has 0 spiro atoms. The van der Waals surface area contributed by atoms with Crippen LogP contribution in [0.15, 0.2) is 24.3 Å². The fourth-order valence-electron chi connectivity index (χ4n) is 1.50. The van der Waals surface area contributed by atoms with Crippen molar-refractivity contribution < 1.29 is 19.4 Å². The number of carboxylic acids is 1. The number of aliphatic carboxylic acids is 1. The van der Waals surface area contributed by atoms with E-state index in [2.05, 4.69) is 5.32 Å². The minimum absolute atomic E-state index is 0.0263. The molecule has 98 valence electrons. The van der Waals surface area contributed by atoms with E-state index in [9.17, 15) is 9.59 Å². The molecule has 5 heteroatoms. The lowest BCUT2D eigenvalue weighted by molar-refractivity contribution is -0.140. The Morgan fingerprint density at radius 3 is 2.22 bits per heavy atom. The summed E-state index contributed by atoms with van der Waals surface area (Å²) in [6.45, 7) is 3.16.